The van der Waals surface area contributed by atoms with Gasteiger partial charge >= 0.3 is 0 Å². The molecule has 2 aromatic rings. The Kier molecular flexibility index (Phi) is 4.41. The van der Waals surface area contributed by atoms with Gasteiger partial charge in [0.15, 0.2) is 0 Å². The molecule has 0 radical (unpaired) electrons. The molecule has 1 aliphatic rings. The third-order valence-electron chi connectivity index (χ3n) is 3.99. The number of alkyl halides is 1. The molecular formula is C16H18BrNOS. The van der Waals surface area contributed by atoms with Crippen LogP contribution in [0.15, 0.2) is 30.3 Å². The van der Waals surface area contributed by atoms with Gasteiger partial charge in [0, 0.05) is 22.6 Å². The van der Waals surface area contributed by atoms with Gasteiger partial charge in [-0.2, -0.15) is 0 Å². The SMILES string of the molecule is O=C(c1cc2ccccc2s1)N(CCBr)C1CCCC1. The summed E-state index contributed by atoms with van der Waals surface area (Å²) in [6, 6.07) is 10.7. The largest absolute Gasteiger partial charge is 0.334 e. The van der Waals surface area contributed by atoms with Gasteiger partial charge < -0.3 is 4.90 Å². The fourth-order valence-corrected chi connectivity index (χ4v) is 4.39. The Labute approximate surface area is 131 Å². The van der Waals surface area contributed by atoms with Gasteiger partial charge in [0.05, 0.1) is 4.88 Å². The molecule has 0 N–H and O–H groups in total. The van der Waals surface area contributed by atoms with E-state index in [-0.39, 0.29) is 5.91 Å². The molecule has 20 heavy (non-hydrogen) atoms. The van der Waals surface area contributed by atoms with Gasteiger partial charge in [0.2, 0.25) is 0 Å². The summed E-state index contributed by atoms with van der Waals surface area (Å²) in [6.07, 6.45) is 4.82. The molecule has 3 rings (SSSR count). The molecule has 1 fully saturated rings. The summed E-state index contributed by atoms with van der Waals surface area (Å²) in [5.74, 6) is 0.206. The zero-order chi connectivity index (χ0) is 13.9. The number of rotatable bonds is 4. The molecule has 0 aliphatic heterocycles. The second-order valence-electron chi connectivity index (χ2n) is 5.27. The number of benzene rings is 1. The van der Waals surface area contributed by atoms with Gasteiger partial charge in [0.25, 0.3) is 5.91 Å². The molecule has 1 aromatic heterocycles. The van der Waals surface area contributed by atoms with Crippen molar-refractivity contribution in [3.8, 4) is 0 Å². The average molecular weight is 352 g/mol. The third kappa shape index (κ3) is 2.77. The normalized spacial score (nSPS) is 15.8. The van der Waals surface area contributed by atoms with E-state index in [9.17, 15) is 4.79 Å². The molecule has 0 spiro atoms. The summed E-state index contributed by atoms with van der Waals surface area (Å²) in [4.78, 5) is 15.8. The molecule has 4 heteroatoms. The summed E-state index contributed by atoms with van der Waals surface area (Å²) in [6.45, 7) is 0.803. The molecule has 106 valence electrons. The van der Waals surface area contributed by atoms with Crippen LogP contribution in [0.1, 0.15) is 35.4 Å². The Bertz CT molecular complexity index is 570. The molecule has 1 aliphatic carbocycles. The maximum atomic E-state index is 12.8. The quantitative estimate of drug-likeness (QED) is 0.732. The van der Waals surface area contributed by atoms with Gasteiger partial charge in [-0.25, -0.2) is 0 Å². The minimum absolute atomic E-state index is 0.206. The van der Waals surface area contributed by atoms with Crippen LogP contribution in [0.25, 0.3) is 10.1 Å². The number of carbonyl (C=O) groups is 1. The highest BCUT2D eigenvalue weighted by Gasteiger charge is 2.27. The fraction of sp³-hybridized carbons (Fsp3) is 0.438. The monoisotopic (exact) mass is 351 g/mol. The van der Waals surface area contributed by atoms with E-state index in [0.717, 1.165) is 29.6 Å². The maximum Gasteiger partial charge on any atom is 0.264 e. The summed E-state index contributed by atoms with van der Waals surface area (Å²) < 4.78 is 1.20. The van der Waals surface area contributed by atoms with Gasteiger partial charge in [-0.05, 0) is 30.4 Å². The van der Waals surface area contributed by atoms with E-state index < -0.39 is 0 Å². The van der Waals surface area contributed by atoms with E-state index in [1.165, 1.54) is 22.9 Å². The lowest BCUT2D eigenvalue weighted by Gasteiger charge is -2.27. The van der Waals surface area contributed by atoms with Crippen molar-refractivity contribution in [1.29, 1.82) is 0 Å². The van der Waals surface area contributed by atoms with Crippen LogP contribution in [-0.2, 0) is 0 Å². The van der Waals surface area contributed by atoms with Gasteiger partial charge in [0.1, 0.15) is 0 Å². The minimum atomic E-state index is 0.206. The Balaban J connectivity index is 1.87. The number of fused-ring (bicyclic) bond motifs is 1. The highest BCUT2D eigenvalue weighted by Crippen LogP contribution is 2.29. The maximum absolute atomic E-state index is 12.8. The number of nitrogens with zero attached hydrogens (tertiary/aromatic N) is 1. The van der Waals surface area contributed by atoms with Crippen molar-refractivity contribution in [3.63, 3.8) is 0 Å². The number of carbonyl (C=O) groups excluding carboxylic acids is 1. The van der Waals surface area contributed by atoms with Crippen LogP contribution in [0.2, 0.25) is 0 Å². The summed E-state index contributed by atoms with van der Waals surface area (Å²) in [5.41, 5.74) is 0. The summed E-state index contributed by atoms with van der Waals surface area (Å²) in [5, 5.41) is 2.02. The topological polar surface area (TPSA) is 20.3 Å². The highest BCUT2D eigenvalue weighted by atomic mass is 79.9. The van der Waals surface area contributed by atoms with Crippen LogP contribution < -0.4 is 0 Å². The lowest BCUT2D eigenvalue weighted by Crippen LogP contribution is -2.39. The number of thiophene rings is 1. The second-order valence-corrected chi connectivity index (χ2v) is 7.15. The Hall–Kier alpha value is -0.870. The predicted octanol–water partition coefficient (Wildman–Crippen LogP) is 4.68. The van der Waals surface area contributed by atoms with E-state index in [4.69, 9.17) is 0 Å². The average Bonchev–Trinajstić information content (AvgIpc) is 3.12. The molecule has 0 saturated heterocycles. The first kappa shape index (κ1) is 14.1. The standard InChI is InChI=1S/C16H18BrNOS/c17-9-10-18(13-6-2-3-7-13)16(19)15-11-12-5-1-4-8-14(12)20-15/h1,4-5,8,11,13H,2-3,6-7,9-10H2. The fourth-order valence-electron chi connectivity index (χ4n) is 2.99. The van der Waals surface area contributed by atoms with Crippen LogP contribution in [0.4, 0.5) is 0 Å². The lowest BCUT2D eigenvalue weighted by molar-refractivity contribution is 0.0701. The first-order chi connectivity index (χ1) is 9.79. The molecule has 1 heterocycles. The number of amides is 1. The first-order valence-corrected chi connectivity index (χ1v) is 9.09. The van der Waals surface area contributed by atoms with Crippen molar-refractivity contribution in [1.82, 2.24) is 4.90 Å². The zero-order valence-electron chi connectivity index (χ0n) is 11.3. The Morgan fingerprint density at radius 1 is 1.30 bits per heavy atom. The molecule has 1 amide bonds. The van der Waals surface area contributed by atoms with E-state index in [0.29, 0.717) is 6.04 Å². The highest BCUT2D eigenvalue weighted by molar-refractivity contribution is 9.09. The van der Waals surface area contributed by atoms with Crippen LogP contribution in [0.5, 0.6) is 0 Å². The van der Waals surface area contributed by atoms with Crippen LogP contribution >= 0.6 is 27.3 Å². The van der Waals surface area contributed by atoms with Gasteiger partial charge in [-0.3, -0.25) is 4.79 Å². The molecule has 2 nitrogen and oxygen atoms in total. The Morgan fingerprint density at radius 2 is 2.05 bits per heavy atom. The van der Waals surface area contributed by atoms with Crippen molar-refractivity contribution in [2.45, 2.75) is 31.7 Å². The van der Waals surface area contributed by atoms with Crippen molar-refractivity contribution >= 4 is 43.3 Å². The van der Waals surface area contributed by atoms with Crippen molar-refractivity contribution in [3.05, 3.63) is 35.2 Å². The molecule has 0 unspecified atom stereocenters. The van der Waals surface area contributed by atoms with E-state index in [1.807, 2.05) is 18.2 Å². The van der Waals surface area contributed by atoms with E-state index in [1.54, 1.807) is 11.3 Å². The van der Waals surface area contributed by atoms with Crippen LogP contribution in [0, 0.1) is 0 Å². The van der Waals surface area contributed by atoms with Crippen LogP contribution in [0.3, 0.4) is 0 Å². The Morgan fingerprint density at radius 3 is 2.75 bits per heavy atom. The molecule has 1 aromatic carbocycles. The smallest absolute Gasteiger partial charge is 0.264 e. The zero-order valence-corrected chi connectivity index (χ0v) is 13.8. The number of hydrogen-bond acceptors (Lipinski definition) is 2. The summed E-state index contributed by atoms with van der Waals surface area (Å²) in [7, 11) is 0. The first-order valence-electron chi connectivity index (χ1n) is 7.15. The van der Waals surface area contributed by atoms with Crippen LogP contribution in [-0.4, -0.2) is 28.7 Å². The molecular weight excluding hydrogens is 334 g/mol. The number of halogens is 1. The third-order valence-corrected chi connectivity index (χ3v) is 5.45. The molecule has 0 bridgehead atoms. The molecule has 0 atom stereocenters. The van der Waals surface area contributed by atoms with Gasteiger partial charge in [-0.1, -0.05) is 47.0 Å². The number of hydrogen-bond donors (Lipinski definition) is 0. The van der Waals surface area contributed by atoms with Crippen molar-refractivity contribution in [2.75, 3.05) is 11.9 Å². The minimum Gasteiger partial charge on any atom is -0.334 e. The predicted molar refractivity (Wildman–Crippen MR) is 88.9 cm³/mol. The molecule has 1 saturated carbocycles. The van der Waals surface area contributed by atoms with Gasteiger partial charge in [-0.15, -0.1) is 11.3 Å². The van der Waals surface area contributed by atoms with Crippen molar-refractivity contribution < 1.29 is 4.79 Å². The van der Waals surface area contributed by atoms with E-state index >= 15 is 0 Å². The lowest BCUT2D eigenvalue weighted by atomic mass is 10.2. The van der Waals surface area contributed by atoms with E-state index in [2.05, 4.69) is 33.0 Å². The summed E-state index contributed by atoms with van der Waals surface area (Å²) >= 11 is 5.09. The second kappa shape index (κ2) is 6.27. The van der Waals surface area contributed by atoms with Crippen molar-refractivity contribution in [2.24, 2.45) is 0 Å².